The van der Waals surface area contributed by atoms with Crippen molar-refractivity contribution in [2.24, 2.45) is 0 Å². The second kappa shape index (κ2) is 7.31. The molecular weight excluding hydrogens is 442 g/mol. The van der Waals surface area contributed by atoms with E-state index in [9.17, 15) is 0 Å². The third-order valence-electron chi connectivity index (χ3n) is 5.15. The van der Waals surface area contributed by atoms with Crippen molar-refractivity contribution in [3.63, 3.8) is 0 Å². The van der Waals surface area contributed by atoms with Crippen LogP contribution >= 0.6 is 31.9 Å². The molecule has 1 aromatic heterocycles. The van der Waals surface area contributed by atoms with Gasteiger partial charge >= 0.3 is 0 Å². The van der Waals surface area contributed by atoms with E-state index in [0.717, 1.165) is 43.5 Å². The van der Waals surface area contributed by atoms with Gasteiger partial charge in [-0.1, -0.05) is 34.7 Å². The molecule has 1 aliphatic heterocycles. The standard InChI is InChI=1S/C20H21Br2N3/c1-2-13-9-14-3-4-15-11-16(21)12-24-19(15)20(18(14)17(22)10-13)25-7-5-23-6-8-25/h2,9-12,20,23H,1,3-8H2. The van der Waals surface area contributed by atoms with E-state index in [1.54, 1.807) is 0 Å². The van der Waals surface area contributed by atoms with Crippen molar-refractivity contribution in [2.75, 3.05) is 26.2 Å². The molecule has 1 saturated heterocycles. The van der Waals surface area contributed by atoms with Gasteiger partial charge < -0.3 is 5.32 Å². The lowest BCUT2D eigenvalue weighted by molar-refractivity contribution is 0.194. The Kier molecular flexibility index (Phi) is 5.09. The summed E-state index contributed by atoms with van der Waals surface area (Å²) in [6.45, 7) is 8.08. The molecule has 1 fully saturated rings. The number of nitrogens with one attached hydrogen (secondary N) is 1. The fourth-order valence-corrected chi connectivity index (χ4v) is 5.08. The van der Waals surface area contributed by atoms with Crippen LogP contribution in [0.1, 0.15) is 34.0 Å². The minimum absolute atomic E-state index is 0.205. The smallest absolute Gasteiger partial charge is 0.0793 e. The normalized spacial score (nSPS) is 20.5. The third kappa shape index (κ3) is 3.35. The molecule has 0 spiro atoms. The summed E-state index contributed by atoms with van der Waals surface area (Å²) in [5.74, 6) is 0. The average molecular weight is 463 g/mol. The number of aromatic nitrogens is 1. The van der Waals surface area contributed by atoms with Crippen LogP contribution in [0, 0.1) is 0 Å². The number of rotatable bonds is 2. The van der Waals surface area contributed by atoms with Crippen LogP contribution < -0.4 is 5.32 Å². The third-order valence-corrected chi connectivity index (χ3v) is 6.24. The monoisotopic (exact) mass is 461 g/mol. The summed E-state index contributed by atoms with van der Waals surface area (Å²) in [7, 11) is 0. The molecule has 0 radical (unpaired) electrons. The predicted molar refractivity (Wildman–Crippen MR) is 110 cm³/mol. The van der Waals surface area contributed by atoms with E-state index in [1.165, 1.54) is 32.4 Å². The lowest BCUT2D eigenvalue weighted by Crippen LogP contribution is -2.45. The fourth-order valence-electron chi connectivity index (χ4n) is 3.97. The quantitative estimate of drug-likeness (QED) is 0.719. The highest BCUT2D eigenvalue weighted by Crippen LogP contribution is 2.41. The van der Waals surface area contributed by atoms with Crippen LogP contribution in [0.25, 0.3) is 6.08 Å². The highest BCUT2D eigenvalue weighted by molar-refractivity contribution is 9.10. The van der Waals surface area contributed by atoms with E-state index in [4.69, 9.17) is 4.98 Å². The summed E-state index contributed by atoms with van der Waals surface area (Å²) in [5.41, 5.74) is 6.50. The Labute approximate surface area is 165 Å². The first kappa shape index (κ1) is 17.4. The number of pyridine rings is 1. The van der Waals surface area contributed by atoms with Crippen molar-refractivity contribution in [1.29, 1.82) is 0 Å². The lowest BCUT2D eigenvalue weighted by Gasteiger charge is -2.36. The molecule has 1 atom stereocenters. The van der Waals surface area contributed by atoms with Gasteiger partial charge in [-0.2, -0.15) is 0 Å². The maximum absolute atomic E-state index is 4.87. The fraction of sp³-hybridized carbons (Fsp3) is 0.350. The van der Waals surface area contributed by atoms with Crippen molar-refractivity contribution >= 4 is 37.9 Å². The van der Waals surface area contributed by atoms with Gasteiger partial charge in [-0.25, -0.2) is 0 Å². The van der Waals surface area contributed by atoms with Crippen LogP contribution in [0.15, 0.2) is 39.9 Å². The predicted octanol–water partition coefficient (Wildman–Crippen LogP) is 4.34. The molecule has 4 rings (SSSR count). The number of hydrogen-bond donors (Lipinski definition) is 1. The zero-order valence-corrected chi connectivity index (χ0v) is 17.2. The molecule has 5 heteroatoms. The highest BCUT2D eigenvalue weighted by atomic mass is 79.9. The number of nitrogens with zero attached hydrogens (tertiary/aromatic N) is 2. The minimum Gasteiger partial charge on any atom is -0.314 e. The van der Waals surface area contributed by atoms with Crippen molar-refractivity contribution in [2.45, 2.75) is 18.9 Å². The van der Waals surface area contributed by atoms with Gasteiger partial charge in [-0.3, -0.25) is 9.88 Å². The molecule has 1 N–H and O–H groups in total. The van der Waals surface area contributed by atoms with Crippen molar-refractivity contribution < 1.29 is 0 Å². The second-order valence-corrected chi connectivity index (χ2v) is 8.44. The van der Waals surface area contributed by atoms with Gasteiger partial charge in [0.25, 0.3) is 0 Å². The van der Waals surface area contributed by atoms with Crippen LogP contribution in [-0.2, 0) is 12.8 Å². The van der Waals surface area contributed by atoms with Gasteiger partial charge in [0.1, 0.15) is 0 Å². The Bertz CT molecular complexity index is 813. The molecule has 1 aliphatic carbocycles. The Morgan fingerprint density at radius 3 is 2.64 bits per heavy atom. The summed E-state index contributed by atoms with van der Waals surface area (Å²) >= 11 is 7.45. The molecule has 2 aromatic rings. The summed E-state index contributed by atoms with van der Waals surface area (Å²) in [4.78, 5) is 7.44. The zero-order valence-electron chi connectivity index (χ0n) is 14.1. The van der Waals surface area contributed by atoms with E-state index < -0.39 is 0 Å². The van der Waals surface area contributed by atoms with Crippen molar-refractivity contribution in [1.82, 2.24) is 15.2 Å². The first-order chi connectivity index (χ1) is 12.2. The van der Waals surface area contributed by atoms with E-state index >= 15 is 0 Å². The number of benzene rings is 1. The number of piperazine rings is 1. The molecule has 1 aromatic carbocycles. The van der Waals surface area contributed by atoms with Gasteiger partial charge in [-0.05, 0) is 63.2 Å². The van der Waals surface area contributed by atoms with Crippen LogP contribution in [-0.4, -0.2) is 36.1 Å². The van der Waals surface area contributed by atoms with Gasteiger partial charge in [0.15, 0.2) is 0 Å². The van der Waals surface area contributed by atoms with E-state index in [-0.39, 0.29) is 6.04 Å². The number of hydrogen-bond acceptors (Lipinski definition) is 3. The number of halogens is 2. The van der Waals surface area contributed by atoms with E-state index in [1.807, 2.05) is 12.3 Å². The Balaban J connectivity index is 1.91. The van der Waals surface area contributed by atoms with Crippen LogP contribution in [0.2, 0.25) is 0 Å². The van der Waals surface area contributed by atoms with Gasteiger partial charge in [-0.15, -0.1) is 0 Å². The maximum atomic E-state index is 4.87. The topological polar surface area (TPSA) is 28.2 Å². The van der Waals surface area contributed by atoms with Gasteiger partial charge in [0, 0.05) is 41.3 Å². The molecule has 2 aliphatic rings. The van der Waals surface area contributed by atoms with E-state index in [2.05, 4.69) is 66.9 Å². The lowest BCUT2D eigenvalue weighted by atomic mass is 9.94. The van der Waals surface area contributed by atoms with Crippen LogP contribution in [0.4, 0.5) is 0 Å². The Hall–Kier alpha value is -1.01. The summed E-state index contributed by atoms with van der Waals surface area (Å²) in [6.07, 6.45) is 5.91. The van der Waals surface area contributed by atoms with E-state index in [0.29, 0.717) is 0 Å². The summed E-state index contributed by atoms with van der Waals surface area (Å²) < 4.78 is 2.23. The highest BCUT2D eigenvalue weighted by Gasteiger charge is 2.32. The molecule has 25 heavy (non-hydrogen) atoms. The number of fused-ring (bicyclic) bond motifs is 2. The molecule has 0 saturated carbocycles. The first-order valence-corrected chi connectivity index (χ1v) is 10.3. The van der Waals surface area contributed by atoms with Crippen molar-refractivity contribution in [3.05, 3.63) is 67.9 Å². The minimum atomic E-state index is 0.205. The molecule has 2 heterocycles. The average Bonchev–Trinajstić information content (AvgIpc) is 2.79. The second-order valence-electron chi connectivity index (χ2n) is 6.67. The van der Waals surface area contributed by atoms with Gasteiger partial charge in [0.2, 0.25) is 0 Å². The zero-order chi connectivity index (χ0) is 17.4. The molecule has 130 valence electrons. The molecule has 0 bridgehead atoms. The molecule has 3 nitrogen and oxygen atoms in total. The molecular formula is C20H21Br2N3. The Morgan fingerprint density at radius 2 is 1.88 bits per heavy atom. The van der Waals surface area contributed by atoms with Crippen LogP contribution in [0.3, 0.4) is 0 Å². The Morgan fingerprint density at radius 1 is 1.12 bits per heavy atom. The molecule has 1 unspecified atom stereocenters. The maximum Gasteiger partial charge on any atom is 0.0793 e. The van der Waals surface area contributed by atoms with Crippen LogP contribution in [0.5, 0.6) is 0 Å². The first-order valence-electron chi connectivity index (χ1n) is 8.71. The number of aryl methyl sites for hydroxylation is 2. The van der Waals surface area contributed by atoms with Gasteiger partial charge in [0.05, 0.1) is 11.7 Å². The van der Waals surface area contributed by atoms with Crippen molar-refractivity contribution in [3.8, 4) is 0 Å². The summed E-state index contributed by atoms with van der Waals surface area (Å²) in [5, 5.41) is 3.46. The SMILES string of the molecule is C=Cc1cc(Br)c2c(c1)CCc1cc(Br)cnc1C2N1CCNCC1. The summed E-state index contributed by atoms with van der Waals surface area (Å²) in [6, 6.07) is 6.93. The molecule has 0 amide bonds. The largest absolute Gasteiger partial charge is 0.314 e.